The third-order valence-corrected chi connectivity index (χ3v) is 4.28. The Morgan fingerprint density at radius 2 is 2.00 bits per heavy atom. The molecule has 0 bridgehead atoms. The van der Waals surface area contributed by atoms with Crippen molar-refractivity contribution in [3.8, 4) is 0 Å². The van der Waals surface area contributed by atoms with Gasteiger partial charge in [-0.1, -0.05) is 19.3 Å². The van der Waals surface area contributed by atoms with Crippen molar-refractivity contribution in [3.63, 3.8) is 0 Å². The summed E-state index contributed by atoms with van der Waals surface area (Å²) < 4.78 is 5.56. The standard InChI is InChI=1S/C14H26N2O2/c1-11-10-18-12(2)9-16(11)13(17)8-14(15)6-4-3-5-7-14/h11-12H,3-10,15H2,1-2H3. The quantitative estimate of drug-likeness (QED) is 0.815. The summed E-state index contributed by atoms with van der Waals surface area (Å²) in [6.45, 7) is 5.42. The maximum atomic E-state index is 12.4. The molecule has 2 atom stereocenters. The molecule has 2 aliphatic rings. The molecule has 18 heavy (non-hydrogen) atoms. The zero-order valence-corrected chi connectivity index (χ0v) is 11.7. The Bertz CT molecular complexity index is 300. The number of nitrogens with zero attached hydrogens (tertiary/aromatic N) is 1. The summed E-state index contributed by atoms with van der Waals surface area (Å²) in [7, 11) is 0. The van der Waals surface area contributed by atoms with E-state index in [0.29, 0.717) is 19.6 Å². The van der Waals surface area contributed by atoms with E-state index in [1.54, 1.807) is 0 Å². The van der Waals surface area contributed by atoms with Gasteiger partial charge in [-0.3, -0.25) is 4.79 Å². The minimum absolute atomic E-state index is 0.144. The first-order valence-corrected chi connectivity index (χ1v) is 7.20. The largest absolute Gasteiger partial charge is 0.375 e. The van der Waals surface area contributed by atoms with Crippen molar-refractivity contribution in [2.24, 2.45) is 5.73 Å². The van der Waals surface area contributed by atoms with Gasteiger partial charge < -0.3 is 15.4 Å². The van der Waals surface area contributed by atoms with E-state index in [1.807, 2.05) is 18.7 Å². The van der Waals surface area contributed by atoms with Gasteiger partial charge in [0.2, 0.25) is 5.91 Å². The lowest BCUT2D eigenvalue weighted by Gasteiger charge is -2.40. The lowest BCUT2D eigenvalue weighted by atomic mass is 9.80. The fourth-order valence-electron chi connectivity index (χ4n) is 3.09. The van der Waals surface area contributed by atoms with Crippen LogP contribution in [0.4, 0.5) is 0 Å². The van der Waals surface area contributed by atoms with E-state index in [-0.39, 0.29) is 23.6 Å². The predicted molar refractivity (Wildman–Crippen MR) is 71.2 cm³/mol. The van der Waals surface area contributed by atoms with E-state index in [2.05, 4.69) is 0 Å². The Balaban J connectivity index is 1.93. The van der Waals surface area contributed by atoms with Gasteiger partial charge in [-0.25, -0.2) is 0 Å². The van der Waals surface area contributed by atoms with Crippen LogP contribution in [-0.2, 0) is 9.53 Å². The second-order valence-corrected chi connectivity index (χ2v) is 6.14. The summed E-state index contributed by atoms with van der Waals surface area (Å²) in [5, 5.41) is 0. The zero-order valence-electron chi connectivity index (χ0n) is 11.7. The number of morpholine rings is 1. The number of ether oxygens (including phenoxy) is 1. The van der Waals surface area contributed by atoms with Crippen molar-refractivity contribution in [1.82, 2.24) is 4.90 Å². The highest BCUT2D eigenvalue weighted by atomic mass is 16.5. The molecule has 1 saturated heterocycles. The molecular weight excluding hydrogens is 228 g/mol. The van der Waals surface area contributed by atoms with Gasteiger partial charge in [0.05, 0.1) is 18.8 Å². The fraction of sp³-hybridized carbons (Fsp3) is 0.929. The Kier molecular flexibility index (Phi) is 4.28. The normalized spacial score (nSPS) is 32.3. The molecule has 0 aromatic rings. The van der Waals surface area contributed by atoms with E-state index < -0.39 is 0 Å². The molecular formula is C14H26N2O2. The van der Waals surface area contributed by atoms with Crippen LogP contribution in [0.1, 0.15) is 52.4 Å². The van der Waals surface area contributed by atoms with Crippen LogP contribution >= 0.6 is 0 Å². The number of nitrogens with two attached hydrogens (primary N) is 1. The van der Waals surface area contributed by atoms with Gasteiger partial charge in [0, 0.05) is 18.5 Å². The van der Waals surface area contributed by atoms with Crippen LogP contribution in [0.25, 0.3) is 0 Å². The summed E-state index contributed by atoms with van der Waals surface area (Å²) in [6, 6.07) is 0.181. The Labute approximate surface area is 110 Å². The number of hydrogen-bond donors (Lipinski definition) is 1. The highest BCUT2D eigenvalue weighted by Crippen LogP contribution is 2.29. The van der Waals surface area contributed by atoms with Gasteiger partial charge in [-0.05, 0) is 26.7 Å². The molecule has 1 saturated carbocycles. The summed E-state index contributed by atoms with van der Waals surface area (Å²) in [5.74, 6) is 0.210. The average molecular weight is 254 g/mol. The van der Waals surface area contributed by atoms with E-state index in [1.165, 1.54) is 19.3 Å². The third kappa shape index (κ3) is 3.23. The van der Waals surface area contributed by atoms with Gasteiger partial charge in [0.15, 0.2) is 0 Å². The third-order valence-electron chi connectivity index (χ3n) is 4.28. The lowest BCUT2D eigenvalue weighted by molar-refractivity contribution is -0.144. The molecule has 1 amide bonds. The van der Waals surface area contributed by atoms with Crippen LogP contribution in [0.3, 0.4) is 0 Å². The Hall–Kier alpha value is -0.610. The second-order valence-electron chi connectivity index (χ2n) is 6.14. The summed E-state index contributed by atoms with van der Waals surface area (Å²) in [6.07, 6.45) is 6.23. The van der Waals surface area contributed by atoms with Gasteiger partial charge >= 0.3 is 0 Å². The molecule has 0 aromatic carbocycles. The second kappa shape index (κ2) is 5.57. The van der Waals surface area contributed by atoms with Crippen LogP contribution in [0, 0.1) is 0 Å². The van der Waals surface area contributed by atoms with Crippen LogP contribution in [0.15, 0.2) is 0 Å². The van der Waals surface area contributed by atoms with Crippen molar-refractivity contribution in [2.45, 2.75) is 70.1 Å². The van der Waals surface area contributed by atoms with Gasteiger partial charge in [0.1, 0.15) is 0 Å². The molecule has 4 heteroatoms. The summed E-state index contributed by atoms with van der Waals surface area (Å²) in [5.41, 5.74) is 6.11. The van der Waals surface area contributed by atoms with Crippen molar-refractivity contribution in [3.05, 3.63) is 0 Å². The first-order valence-electron chi connectivity index (χ1n) is 7.20. The minimum Gasteiger partial charge on any atom is -0.375 e. The number of rotatable bonds is 2. The van der Waals surface area contributed by atoms with E-state index in [0.717, 1.165) is 12.8 Å². The lowest BCUT2D eigenvalue weighted by Crippen LogP contribution is -2.54. The molecule has 2 N–H and O–H groups in total. The minimum atomic E-state index is -0.253. The molecule has 2 fully saturated rings. The highest BCUT2D eigenvalue weighted by molar-refractivity contribution is 5.78. The van der Waals surface area contributed by atoms with Crippen molar-refractivity contribution < 1.29 is 9.53 Å². The number of amides is 1. The Morgan fingerprint density at radius 1 is 1.33 bits per heavy atom. The SMILES string of the molecule is CC1CN(C(=O)CC2(N)CCCCC2)C(C)CO1. The first-order chi connectivity index (χ1) is 8.50. The maximum Gasteiger partial charge on any atom is 0.224 e. The van der Waals surface area contributed by atoms with Crippen molar-refractivity contribution >= 4 is 5.91 Å². The van der Waals surface area contributed by atoms with Gasteiger partial charge in [0.25, 0.3) is 0 Å². The molecule has 0 spiro atoms. The molecule has 2 rings (SSSR count). The monoisotopic (exact) mass is 254 g/mol. The summed E-state index contributed by atoms with van der Waals surface area (Å²) >= 11 is 0. The maximum absolute atomic E-state index is 12.4. The molecule has 1 aliphatic heterocycles. The van der Waals surface area contributed by atoms with Crippen molar-refractivity contribution in [1.29, 1.82) is 0 Å². The predicted octanol–water partition coefficient (Wildman–Crippen LogP) is 1.67. The first kappa shape index (κ1) is 13.8. The van der Waals surface area contributed by atoms with E-state index >= 15 is 0 Å². The van der Waals surface area contributed by atoms with Crippen LogP contribution < -0.4 is 5.73 Å². The van der Waals surface area contributed by atoms with Crippen LogP contribution in [-0.4, -0.2) is 41.6 Å². The van der Waals surface area contributed by atoms with Gasteiger partial charge in [-0.2, -0.15) is 0 Å². The smallest absolute Gasteiger partial charge is 0.224 e. The topological polar surface area (TPSA) is 55.6 Å². The highest BCUT2D eigenvalue weighted by Gasteiger charge is 2.34. The molecule has 0 aromatic heterocycles. The number of hydrogen-bond acceptors (Lipinski definition) is 3. The van der Waals surface area contributed by atoms with Crippen LogP contribution in [0.2, 0.25) is 0 Å². The van der Waals surface area contributed by atoms with Crippen LogP contribution in [0.5, 0.6) is 0 Å². The van der Waals surface area contributed by atoms with E-state index in [4.69, 9.17) is 10.5 Å². The molecule has 1 aliphatic carbocycles. The zero-order chi connectivity index (χ0) is 13.2. The van der Waals surface area contributed by atoms with Gasteiger partial charge in [-0.15, -0.1) is 0 Å². The molecule has 4 nitrogen and oxygen atoms in total. The average Bonchev–Trinajstić information content (AvgIpc) is 2.32. The number of carbonyl (C=O) groups excluding carboxylic acids is 1. The molecule has 104 valence electrons. The Morgan fingerprint density at radius 3 is 2.67 bits per heavy atom. The molecule has 1 heterocycles. The molecule has 2 unspecified atom stereocenters. The fourth-order valence-corrected chi connectivity index (χ4v) is 3.09. The summed E-state index contributed by atoms with van der Waals surface area (Å²) in [4.78, 5) is 14.4. The number of carbonyl (C=O) groups is 1. The van der Waals surface area contributed by atoms with E-state index in [9.17, 15) is 4.79 Å². The van der Waals surface area contributed by atoms with Crippen molar-refractivity contribution in [2.75, 3.05) is 13.2 Å². The molecule has 0 radical (unpaired) electrons.